The summed E-state index contributed by atoms with van der Waals surface area (Å²) in [5.41, 5.74) is -0.363. The highest BCUT2D eigenvalue weighted by molar-refractivity contribution is 7.88. The lowest BCUT2D eigenvalue weighted by molar-refractivity contribution is -0.125. The average molecular weight is 375 g/mol. The molecule has 0 aromatic heterocycles. The second-order valence-electron chi connectivity index (χ2n) is 8.00. The number of rotatable bonds is 7. The zero-order valence-corrected chi connectivity index (χ0v) is 17.0. The van der Waals surface area contributed by atoms with Gasteiger partial charge in [0.25, 0.3) is 0 Å². The van der Waals surface area contributed by atoms with Gasteiger partial charge in [0.2, 0.25) is 10.0 Å². The number of hydrogen-bond acceptors (Lipinski definition) is 4. The first-order valence-electron chi connectivity index (χ1n) is 9.19. The van der Waals surface area contributed by atoms with E-state index in [1.807, 2.05) is 13.8 Å². The number of nitrogens with zero attached hydrogens (tertiary/aromatic N) is 1. The second-order valence-corrected chi connectivity index (χ2v) is 9.75. The molecule has 2 aliphatic carbocycles. The Balaban J connectivity index is 1.92. The van der Waals surface area contributed by atoms with Gasteiger partial charge in [0.1, 0.15) is 0 Å². The van der Waals surface area contributed by atoms with Crippen LogP contribution in [0, 0.1) is 5.41 Å². The maximum atomic E-state index is 11.5. The summed E-state index contributed by atoms with van der Waals surface area (Å²) < 4.78 is 31.5. The first-order valence-corrected chi connectivity index (χ1v) is 11.1. The largest absolute Gasteiger partial charge is 0.378 e. The van der Waals surface area contributed by atoms with E-state index < -0.39 is 15.6 Å². The molecule has 0 saturated heterocycles. The molecule has 2 aliphatic rings. The molecule has 25 heavy (non-hydrogen) atoms. The fraction of sp³-hybridized carbons (Fsp3) is 0.941. The van der Waals surface area contributed by atoms with Crippen LogP contribution in [0.15, 0.2) is 4.99 Å². The predicted octanol–water partition coefficient (Wildman–Crippen LogP) is 1.22. The molecule has 2 unspecified atom stereocenters. The smallest absolute Gasteiger partial charge is 0.209 e. The lowest BCUT2D eigenvalue weighted by Crippen LogP contribution is -2.65. The maximum Gasteiger partial charge on any atom is 0.209 e. The molecule has 8 heteroatoms. The van der Waals surface area contributed by atoms with Gasteiger partial charge in [0.15, 0.2) is 5.96 Å². The van der Waals surface area contributed by atoms with Gasteiger partial charge in [-0.05, 0) is 40.0 Å². The first kappa shape index (κ1) is 20.5. The van der Waals surface area contributed by atoms with Crippen LogP contribution < -0.4 is 15.4 Å². The molecule has 2 atom stereocenters. The van der Waals surface area contributed by atoms with Gasteiger partial charge in [0.05, 0.1) is 12.4 Å². The minimum Gasteiger partial charge on any atom is -0.378 e. The predicted molar refractivity (Wildman–Crippen MR) is 101 cm³/mol. The molecular weight excluding hydrogens is 340 g/mol. The Labute approximate surface area is 152 Å². The molecular formula is C17H34N4O3S. The number of guanidine groups is 1. The summed E-state index contributed by atoms with van der Waals surface area (Å²) in [6, 6.07) is 0.365. The average Bonchev–Trinajstić information content (AvgIpc) is 2.99. The van der Waals surface area contributed by atoms with Gasteiger partial charge < -0.3 is 15.4 Å². The van der Waals surface area contributed by atoms with Gasteiger partial charge in [-0.1, -0.05) is 12.8 Å². The van der Waals surface area contributed by atoms with Crippen LogP contribution in [0.25, 0.3) is 0 Å². The van der Waals surface area contributed by atoms with Crippen LogP contribution in [-0.4, -0.2) is 58.5 Å². The van der Waals surface area contributed by atoms with Crippen LogP contribution in [0.4, 0.5) is 0 Å². The zero-order chi connectivity index (χ0) is 18.7. The highest BCUT2D eigenvalue weighted by Gasteiger charge is 2.56. The minimum atomic E-state index is -3.25. The Kier molecular flexibility index (Phi) is 6.38. The van der Waals surface area contributed by atoms with E-state index >= 15 is 0 Å². The highest BCUT2D eigenvalue weighted by atomic mass is 32.2. The number of hydrogen-bond donors (Lipinski definition) is 3. The van der Waals surface area contributed by atoms with E-state index in [0.717, 1.165) is 19.0 Å². The molecule has 2 fully saturated rings. The topological polar surface area (TPSA) is 91.8 Å². The van der Waals surface area contributed by atoms with Crippen molar-refractivity contribution in [1.82, 2.24) is 15.4 Å². The quantitative estimate of drug-likeness (QED) is 0.460. The molecule has 0 heterocycles. The van der Waals surface area contributed by atoms with Crippen molar-refractivity contribution in [3.05, 3.63) is 0 Å². The van der Waals surface area contributed by atoms with Crippen LogP contribution in [0.3, 0.4) is 0 Å². The van der Waals surface area contributed by atoms with Crippen molar-refractivity contribution in [3.63, 3.8) is 0 Å². The van der Waals surface area contributed by atoms with Gasteiger partial charge in [-0.25, -0.2) is 13.1 Å². The summed E-state index contributed by atoms with van der Waals surface area (Å²) in [6.45, 7) is 6.97. The molecule has 1 spiro atoms. The minimum absolute atomic E-state index is 0.230. The Bertz CT molecular complexity index is 583. The van der Waals surface area contributed by atoms with Crippen LogP contribution in [-0.2, 0) is 14.8 Å². The van der Waals surface area contributed by atoms with Gasteiger partial charge in [-0.15, -0.1) is 0 Å². The van der Waals surface area contributed by atoms with E-state index in [0.29, 0.717) is 18.7 Å². The summed E-state index contributed by atoms with van der Waals surface area (Å²) in [5, 5.41) is 6.80. The fourth-order valence-electron chi connectivity index (χ4n) is 4.29. The third kappa shape index (κ3) is 5.08. The summed E-state index contributed by atoms with van der Waals surface area (Å²) in [6.07, 6.45) is 7.45. The van der Waals surface area contributed by atoms with Crippen molar-refractivity contribution in [3.8, 4) is 0 Å². The van der Waals surface area contributed by atoms with Crippen LogP contribution >= 0.6 is 0 Å². The van der Waals surface area contributed by atoms with Crippen molar-refractivity contribution in [2.24, 2.45) is 10.4 Å². The number of aliphatic imine (C=N–C) groups is 1. The Hall–Kier alpha value is -0.860. The number of ether oxygens (including phenoxy) is 1. The maximum absolute atomic E-state index is 11.5. The molecule has 0 amide bonds. The van der Waals surface area contributed by atoms with Crippen molar-refractivity contribution in [2.45, 2.75) is 70.6 Å². The third-order valence-electron chi connectivity index (χ3n) is 5.38. The lowest BCUT2D eigenvalue weighted by atomic mass is 9.60. The molecule has 0 aliphatic heterocycles. The molecule has 0 aromatic rings. The second kappa shape index (κ2) is 7.80. The van der Waals surface area contributed by atoms with E-state index in [-0.39, 0.29) is 5.41 Å². The van der Waals surface area contributed by atoms with Crippen molar-refractivity contribution in [1.29, 1.82) is 0 Å². The zero-order valence-electron chi connectivity index (χ0n) is 16.2. The van der Waals surface area contributed by atoms with E-state index in [4.69, 9.17) is 4.74 Å². The van der Waals surface area contributed by atoms with E-state index in [9.17, 15) is 8.42 Å². The Morgan fingerprint density at radius 1 is 1.32 bits per heavy atom. The van der Waals surface area contributed by atoms with E-state index in [1.165, 1.54) is 31.9 Å². The monoisotopic (exact) mass is 374 g/mol. The van der Waals surface area contributed by atoms with Gasteiger partial charge >= 0.3 is 0 Å². The summed E-state index contributed by atoms with van der Waals surface area (Å²) >= 11 is 0. The van der Waals surface area contributed by atoms with Gasteiger partial charge in [0, 0.05) is 37.2 Å². The van der Waals surface area contributed by atoms with Crippen LogP contribution in [0.5, 0.6) is 0 Å². The molecule has 2 saturated carbocycles. The molecule has 2 rings (SSSR count). The normalized spacial score (nSPS) is 26.5. The highest BCUT2D eigenvalue weighted by Crippen LogP contribution is 2.54. The molecule has 0 radical (unpaired) electrons. The molecule has 0 bridgehead atoms. The fourth-order valence-corrected chi connectivity index (χ4v) is 5.37. The number of nitrogens with one attached hydrogen (secondary N) is 3. The molecule has 146 valence electrons. The first-order chi connectivity index (χ1) is 11.6. The van der Waals surface area contributed by atoms with Gasteiger partial charge in [-0.3, -0.25) is 4.99 Å². The van der Waals surface area contributed by atoms with Crippen molar-refractivity contribution in [2.75, 3.05) is 26.5 Å². The lowest BCUT2D eigenvalue weighted by Gasteiger charge is -2.54. The molecule has 0 aromatic carbocycles. The van der Waals surface area contributed by atoms with Crippen LogP contribution in [0.2, 0.25) is 0 Å². The number of sulfonamides is 1. The van der Waals surface area contributed by atoms with Gasteiger partial charge in [-0.2, -0.15) is 0 Å². The standard InChI is InChI=1S/C17H34N4O3S/c1-6-24-14-11-13(17(14)9-7-8-10-17)20-15(18-4)19-12-16(2,3)21-25(5,22)23/h13-14,21H,6-12H2,1-5H3,(H2,18,19,20). The van der Waals surface area contributed by atoms with Crippen molar-refractivity contribution < 1.29 is 13.2 Å². The Morgan fingerprint density at radius 3 is 2.48 bits per heavy atom. The molecule has 3 N–H and O–H groups in total. The van der Waals surface area contributed by atoms with Crippen LogP contribution in [0.1, 0.15) is 52.9 Å². The van der Waals surface area contributed by atoms with E-state index in [1.54, 1.807) is 7.05 Å². The summed E-state index contributed by atoms with van der Waals surface area (Å²) in [5.74, 6) is 0.717. The summed E-state index contributed by atoms with van der Waals surface area (Å²) in [4.78, 5) is 4.31. The summed E-state index contributed by atoms with van der Waals surface area (Å²) in [7, 11) is -1.51. The third-order valence-corrected chi connectivity index (χ3v) is 6.30. The van der Waals surface area contributed by atoms with E-state index in [2.05, 4.69) is 27.3 Å². The SMILES string of the molecule is CCOC1CC(NC(=NC)NCC(C)(C)NS(C)(=O)=O)C12CCCC2. The Morgan fingerprint density at radius 2 is 1.96 bits per heavy atom. The van der Waals surface area contributed by atoms with Crippen molar-refractivity contribution >= 4 is 16.0 Å². The molecule has 7 nitrogen and oxygen atoms in total.